The van der Waals surface area contributed by atoms with E-state index in [0.717, 1.165) is 17.5 Å². The van der Waals surface area contributed by atoms with E-state index in [-0.39, 0.29) is 36.4 Å². The van der Waals surface area contributed by atoms with Crippen molar-refractivity contribution in [3.63, 3.8) is 0 Å². The summed E-state index contributed by atoms with van der Waals surface area (Å²) in [6, 6.07) is 7.88. The maximum Gasteiger partial charge on any atom is 0.220 e. The average molecular weight is 358 g/mol. The van der Waals surface area contributed by atoms with Gasteiger partial charge in [0.05, 0.1) is 18.7 Å². The van der Waals surface area contributed by atoms with Crippen molar-refractivity contribution in [2.24, 2.45) is 0 Å². The second-order valence-electron chi connectivity index (χ2n) is 6.90. The summed E-state index contributed by atoms with van der Waals surface area (Å²) in [5, 5.41) is 9.85. The number of carbonyl (C=O) groups is 2. The Kier molecular flexibility index (Phi) is 6.98. The van der Waals surface area contributed by atoms with E-state index in [2.05, 4.69) is 12.1 Å². The van der Waals surface area contributed by atoms with Crippen LogP contribution in [0.2, 0.25) is 0 Å². The summed E-state index contributed by atoms with van der Waals surface area (Å²) >= 11 is 0. The second-order valence-corrected chi connectivity index (χ2v) is 6.90. The first-order valence-electron chi connectivity index (χ1n) is 9.32. The minimum absolute atomic E-state index is 0.0185. The topological polar surface area (TPSA) is 60.9 Å². The molecule has 1 aliphatic heterocycles. The summed E-state index contributed by atoms with van der Waals surface area (Å²) in [6.45, 7) is 8.20. The number of rotatable bonds is 7. The number of likely N-dealkylation sites (tertiary alicyclic amines) is 1. The first kappa shape index (κ1) is 20.2. The Morgan fingerprint density at radius 2 is 1.85 bits per heavy atom. The Bertz CT molecular complexity index is 654. The minimum Gasteiger partial charge on any atom is -0.394 e. The fourth-order valence-electron chi connectivity index (χ4n) is 3.96. The van der Waals surface area contributed by atoms with Gasteiger partial charge in [0, 0.05) is 32.9 Å². The molecule has 0 radical (unpaired) electrons. The second kappa shape index (κ2) is 8.99. The summed E-state index contributed by atoms with van der Waals surface area (Å²) in [4.78, 5) is 27.6. The van der Waals surface area contributed by atoms with Crippen molar-refractivity contribution < 1.29 is 14.7 Å². The number of hydrogen-bond acceptors (Lipinski definition) is 3. The summed E-state index contributed by atoms with van der Waals surface area (Å²) in [6.07, 6.45) is 4.90. The highest BCUT2D eigenvalue weighted by atomic mass is 16.3. The fraction of sp³-hybridized carbons (Fsp3) is 0.524. The number of amides is 2. The minimum atomic E-state index is -0.236. The molecule has 1 N–H and O–H groups in total. The summed E-state index contributed by atoms with van der Waals surface area (Å²) in [5.41, 5.74) is 2.22. The van der Waals surface area contributed by atoms with Crippen molar-refractivity contribution in [3.05, 3.63) is 41.5 Å². The van der Waals surface area contributed by atoms with Gasteiger partial charge in [-0.1, -0.05) is 43.3 Å². The lowest BCUT2D eigenvalue weighted by molar-refractivity contribution is -0.152. The van der Waals surface area contributed by atoms with Crippen molar-refractivity contribution in [2.45, 2.75) is 52.1 Å². The van der Waals surface area contributed by atoms with Gasteiger partial charge >= 0.3 is 0 Å². The van der Waals surface area contributed by atoms with Crippen LogP contribution in [0.15, 0.2) is 30.3 Å². The number of hydrogen-bond donors (Lipinski definition) is 1. The van der Waals surface area contributed by atoms with Crippen LogP contribution >= 0.6 is 0 Å². The zero-order valence-electron chi connectivity index (χ0n) is 16.2. The Balaban J connectivity index is 2.30. The standard InChI is InChI=1S/C21H30N2O3/c1-5-7-17-8-10-18(11-9-17)21-19(13-22(12-6-2)15(3)25)23(16(4)26)20(21)14-24/h5,7-11,19-21,24H,6,12-14H2,1-4H3/b7-5+/t19-,20+,21-/m0/s1. The zero-order chi connectivity index (χ0) is 19.3. The van der Waals surface area contributed by atoms with Crippen LogP contribution in [0, 0.1) is 0 Å². The van der Waals surface area contributed by atoms with Crippen LogP contribution in [0.3, 0.4) is 0 Å². The van der Waals surface area contributed by atoms with Crippen molar-refractivity contribution in [2.75, 3.05) is 19.7 Å². The van der Waals surface area contributed by atoms with E-state index in [1.54, 1.807) is 16.7 Å². The lowest BCUT2D eigenvalue weighted by Gasteiger charge is -2.55. The number of aliphatic hydroxyl groups is 1. The van der Waals surface area contributed by atoms with Crippen LogP contribution in [0.1, 0.15) is 51.2 Å². The lowest BCUT2D eigenvalue weighted by Crippen LogP contribution is -2.68. The van der Waals surface area contributed by atoms with Gasteiger partial charge in [-0.3, -0.25) is 9.59 Å². The van der Waals surface area contributed by atoms with E-state index in [4.69, 9.17) is 0 Å². The Hall–Kier alpha value is -2.14. The van der Waals surface area contributed by atoms with E-state index in [1.165, 1.54) is 6.92 Å². The highest BCUT2D eigenvalue weighted by Gasteiger charge is 2.50. The molecule has 2 amide bonds. The molecule has 0 bridgehead atoms. The Labute approximate surface area is 156 Å². The van der Waals surface area contributed by atoms with Crippen molar-refractivity contribution in [1.82, 2.24) is 9.80 Å². The number of aliphatic hydroxyl groups excluding tert-OH is 1. The summed E-state index contributed by atoms with van der Waals surface area (Å²) < 4.78 is 0. The number of allylic oxidation sites excluding steroid dienone is 1. The van der Waals surface area contributed by atoms with Gasteiger partial charge < -0.3 is 14.9 Å². The fourth-order valence-corrected chi connectivity index (χ4v) is 3.96. The van der Waals surface area contributed by atoms with Crippen LogP contribution < -0.4 is 0 Å². The smallest absolute Gasteiger partial charge is 0.220 e. The van der Waals surface area contributed by atoms with E-state index < -0.39 is 0 Å². The molecule has 142 valence electrons. The van der Waals surface area contributed by atoms with Crippen molar-refractivity contribution in [1.29, 1.82) is 0 Å². The molecule has 26 heavy (non-hydrogen) atoms. The van der Waals surface area contributed by atoms with Gasteiger partial charge in [0.2, 0.25) is 11.8 Å². The zero-order valence-corrected chi connectivity index (χ0v) is 16.2. The molecule has 3 atom stereocenters. The number of benzene rings is 1. The van der Waals surface area contributed by atoms with E-state index in [9.17, 15) is 14.7 Å². The maximum absolute atomic E-state index is 12.1. The third kappa shape index (κ3) is 4.15. The highest BCUT2D eigenvalue weighted by Crippen LogP contribution is 2.41. The molecule has 0 saturated carbocycles. The van der Waals surface area contributed by atoms with Crippen LogP contribution in [0.25, 0.3) is 6.08 Å². The molecule has 1 aliphatic rings. The predicted molar refractivity (Wildman–Crippen MR) is 104 cm³/mol. The molecule has 1 aromatic rings. The van der Waals surface area contributed by atoms with Gasteiger partial charge in [0.15, 0.2) is 0 Å². The highest BCUT2D eigenvalue weighted by molar-refractivity contribution is 5.77. The van der Waals surface area contributed by atoms with Gasteiger partial charge in [0.25, 0.3) is 0 Å². The van der Waals surface area contributed by atoms with Gasteiger partial charge in [-0.15, -0.1) is 0 Å². The first-order chi connectivity index (χ1) is 12.4. The van der Waals surface area contributed by atoms with Crippen LogP contribution in [0.4, 0.5) is 0 Å². The van der Waals surface area contributed by atoms with Gasteiger partial charge in [-0.25, -0.2) is 0 Å². The molecule has 0 spiro atoms. The van der Waals surface area contributed by atoms with E-state index in [0.29, 0.717) is 13.1 Å². The average Bonchev–Trinajstić information content (AvgIpc) is 2.58. The lowest BCUT2D eigenvalue weighted by atomic mass is 9.74. The molecule has 2 rings (SSSR count). The normalized spacial score (nSPS) is 22.3. The molecule has 1 fully saturated rings. The van der Waals surface area contributed by atoms with Gasteiger partial charge in [0.1, 0.15) is 0 Å². The summed E-state index contributed by atoms with van der Waals surface area (Å²) in [7, 11) is 0. The van der Waals surface area contributed by atoms with Crippen LogP contribution in [0.5, 0.6) is 0 Å². The largest absolute Gasteiger partial charge is 0.394 e. The monoisotopic (exact) mass is 358 g/mol. The molecular weight excluding hydrogens is 328 g/mol. The molecule has 0 unspecified atom stereocenters. The summed E-state index contributed by atoms with van der Waals surface area (Å²) in [5.74, 6) is -0.0110. The number of carbonyl (C=O) groups excluding carboxylic acids is 2. The van der Waals surface area contributed by atoms with E-state index >= 15 is 0 Å². The number of nitrogens with zero attached hydrogens (tertiary/aromatic N) is 2. The molecule has 1 aromatic carbocycles. The van der Waals surface area contributed by atoms with Gasteiger partial charge in [-0.2, -0.15) is 0 Å². The quantitative estimate of drug-likeness (QED) is 0.815. The third-order valence-electron chi connectivity index (χ3n) is 5.12. The predicted octanol–water partition coefficient (Wildman–Crippen LogP) is 2.65. The van der Waals surface area contributed by atoms with Crippen LogP contribution in [-0.4, -0.2) is 58.5 Å². The Morgan fingerprint density at radius 3 is 2.31 bits per heavy atom. The first-order valence-corrected chi connectivity index (χ1v) is 9.32. The molecule has 5 nitrogen and oxygen atoms in total. The van der Waals surface area contributed by atoms with Crippen molar-refractivity contribution in [3.8, 4) is 0 Å². The van der Waals surface area contributed by atoms with Gasteiger partial charge in [-0.05, 0) is 24.5 Å². The SMILES string of the molecule is C/C=C/c1ccc([C@@H]2[C@@H](CO)N(C(C)=O)[C@H]2CN(CCC)C(C)=O)cc1. The molecule has 1 saturated heterocycles. The molecular formula is C21H30N2O3. The maximum atomic E-state index is 12.1. The Morgan fingerprint density at radius 1 is 1.19 bits per heavy atom. The molecule has 0 aromatic heterocycles. The molecule has 0 aliphatic carbocycles. The molecule has 1 heterocycles. The van der Waals surface area contributed by atoms with E-state index in [1.807, 2.05) is 38.1 Å². The molecule has 5 heteroatoms. The van der Waals surface area contributed by atoms with Crippen LogP contribution in [-0.2, 0) is 9.59 Å². The third-order valence-corrected chi connectivity index (χ3v) is 5.12. The van der Waals surface area contributed by atoms with Crippen molar-refractivity contribution >= 4 is 17.9 Å².